The SMILES string of the molecule is O=C(NCCc1nccs1)c1c(Cl)ccc(Cl)c1Cl. The minimum Gasteiger partial charge on any atom is -0.352 e. The molecule has 0 saturated heterocycles. The molecule has 1 heterocycles. The third kappa shape index (κ3) is 3.60. The zero-order valence-corrected chi connectivity index (χ0v) is 12.7. The lowest BCUT2D eigenvalue weighted by molar-refractivity contribution is 0.0954. The van der Waals surface area contributed by atoms with Crippen LogP contribution in [-0.4, -0.2) is 17.4 Å². The van der Waals surface area contributed by atoms with Crippen molar-refractivity contribution in [3.63, 3.8) is 0 Å². The van der Waals surface area contributed by atoms with Gasteiger partial charge in [0.2, 0.25) is 0 Å². The van der Waals surface area contributed by atoms with Gasteiger partial charge in [0.1, 0.15) is 0 Å². The molecule has 0 fully saturated rings. The summed E-state index contributed by atoms with van der Waals surface area (Å²) in [5.41, 5.74) is 0.204. The van der Waals surface area contributed by atoms with Gasteiger partial charge < -0.3 is 5.32 Å². The smallest absolute Gasteiger partial charge is 0.254 e. The quantitative estimate of drug-likeness (QED) is 0.856. The number of nitrogens with zero attached hydrogens (tertiary/aromatic N) is 1. The van der Waals surface area contributed by atoms with Gasteiger partial charge in [-0.15, -0.1) is 11.3 Å². The van der Waals surface area contributed by atoms with Crippen molar-refractivity contribution in [2.75, 3.05) is 6.54 Å². The second-order valence-corrected chi connectivity index (χ2v) is 5.82. The molecule has 0 aliphatic heterocycles. The number of thiazole rings is 1. The first-order valence-electron chi connectivity index (χ1n) is 5.39. The molecule has 1 aromatic heterocycles. The maximum absolute atomic E-state index is 12.0. The maximum atomic E-state index is 12.0. The highest BCUT2D eigenvalue weighted by molar-refractivity contribution is 7.09. The number of hydrogen-bond donors (Lipinski definition) is 1. The average molecular weight is 336 g/mol. The van der Waals surface area contributed by atoms with Gasteiger partial charge in [0, 0.05) is 24.5 Å². The largest absolute Gasteiger partial charge is 0.352 e. The van der Waals surface area contributed by atoms with E-state index in [4.69, 9.17) is 34.8 Å². The Hall–Kier alpha value is -0.810. The predicted octanol–water partition coefficient (Wildman–Crippen LogP) is 4.08. The van der Waals surface area contributed by atoms with E-state index >= 15 is 0 Å². The second-order valence-electron chi connectivity index (χ2n) is 3.65. The topological polar surface area (TPSA) is 42.0 Å². The van der Waals surface area contributed by atoms with Crippen LogP contribution in [-0.2, 0) is 6.42 Å². The van der Waals surface area contributed by atoms with Gasteiger partial charge in [0.05, 0.1) is 25.6 Å². The minimum atomic E-state index is -0.339. The van der Waals surface area contributed by atoms with Crippen LogP contribution in [0.3, 0.4) is 0 Å². The normalized spacial score (nSPS) is 10.5. The highest BCUT2D eigenvalue weighted by Gasteiger charge is 2.16. The highest BCUT2D eigenvalue weighted by atomic mass is 35.5. The summed E-state index contributed by atoms with van der Waals surface area (Å²) in [5.74, 6) is -0.339. The third-order valence-electron chi connectivity index (χ3n) is 2.38. The molecule has 1 N–H and O–H groups in total. The number of rotatable bonds is 4. The Kier molecular flexibility index (Phi) is 5.05. The first-order chi connectivity index (χ1) is 9.09. The molecule has 0 atom stereocenters. The molecule has 0 aliphatic carbocycles. The van der Waals surface area contributed by atoms with Crippen LogP contribution >= 0.6 is 46.1 Å². The molecule has 2 aromatic rings. The van der Waals surface area contributed by atoms with Crippen molar-refractivity contribution in [2.24, 2.45) is 0 Å². The van der Waals surface area contributed by atoms with E-state index in [2.05, 4.69) is 10.3 Å². The van der Waals surface area contributed by atoms with Gasteiger partial charge in [-0.1, -0.05) is 34.8 Å². The fourth-order valence-electron chi connectivity index (χ4n) is 1.48. The molecule has 1 aromatic carbocycles. The molecular formula is C12H9Cl3N2OS. The molecule has 0 saturated carbocycles. The lowest BCUT2D eigenvalue weighted by atomic mass is 10.2. The number of amides is 1. The van der Waals surface area contributed by atoms with Crippen molar-refractivity contribution >= 4 is 52.0 Å². The fraction of sp³-hybridized carbons (Fsp3) is 0.167. The Morgan fingerprint density at radius 2 is 2.00 bits per heavy atom. The van der Waals surface area contributed by atoms with Gasteiger partial charge in [-0.25, -0.2) is 4.98 Å². The van der Waals surface area contributed by atoms with Crippen LogP contribution < -0.4 is 5.32 Å². The number of aromatic nitrogens is 1. The molecule has 100 valence electrons. The molecule has 3 nitrogen and oxygen atoms in total. The molecule has 7 heteroatoms. The van der Waals surface area contributed by atoms with Gasteiger partial charge in [0.15, 0.2) is 0 Å². The van der Waals surface area contributed by atoms with Crippen LogP contribution in [0.4, 0.5) is 0 Å². The molecule has 0 spiro atoms. The predicted molar refractivity (Wildman–Crippen MR) is 79.6 cm³/mol. The molecule has 0 radical (unpaired) electrons. The summed E-state index contributed by atoms with van der Waals surface area (Å²) < 4.78 is 0. The number of halogens is 3. The summed E-state index contributed by atoms with van der Waals surface area (Å²) in [5, 5.41) is 6.35. The lowest BCUT2D eigenvalue weighted by Crippen LogP contribution is -2.26. The lowest BCUT2D eigenvalue weighted by Gasteiger charge is -2.08. The Labute approximate surface area is 129 Å². The summed E-state index contributed by atoms with van der Waals surface area (Å²) in [6.07, 6.45) is 2.39. The van der Waals surface area contributed by atoms with Gasteiger partial charge in [-0.05, 0) is 12.1 Å². The van der Waals surface area contributed by atoms with E-state index < -0.39 is 0 Å². The van der Waals surface area contributed by atoms with E-state index in [-0.39, 0.29) is 21.5 Å². The van der Waals surface area contributed by atoms with E-state index in [0.717, 1.165) is 5.01 Å². The fourth-order valence-corrected chi connectivity index (χ4v) is 2.80. The zero-order valence-electron chi connectivity index (χ0n) is 9.62. The van der Waals surface area contributed by atoms with Crippen LogP contribution in [0.1, 0.15) is 15.4 Å². The van der Waals surface area contributed by atoms with Gasteiger partial charge >= 0.3 is 0 Å². The van der Waals surface area contributed by atoms with E-state index in [1.165, 1.54) is 0 Å². The Morgan fingerprint density at radius 1 is 1.26 bits per heavy atom. The third-order valence-corrected chi connectivity index (χ3v) is 4.34. The van der Waals surface area contributed by atoms with Crippen molar-refractivity contribution in [3.8, 4) is 0 Å². The Bertz CT molecular complexity index is 587. The molecule has 19 heavy (non-hydrogen) atoms. The minimum absolute atomic E-state index is 0.168. The van der Waals surface area contributed by atoms with Crippen LogP contribution in [0.15, 0.2) is 23.7 Å². The Morgan fingerprint density at radius 3 is 2.68 bits per heavy atom. The molecule has 0 bridgehead atoms. The molecule has 0 aliphatic rings. The molecule has 1 amide bonds. The van der Waals surface area contributed by atoms with E-state index in [0.29, 0.717) is 18.0 Å². The zero-order chi connectivity index (χ0) is 13.8. The summed E-state index contributed by atoms with van der Waals surface area (Å²) in [4.78, 5) is 16.1. The van der Waals surface area contributed by atoms with Crippen molar-refractivity contribution in [1.82, 2.24) is 10.3 Å². The number of carbonyl (C=O) groups excluding carboxylic acids is 1. The summed E-state index contributed by atoms with van der Waals surface area (Å²) in [6.45, 7) is 0.464. The van der Waals surface area contributed by atoms with Crippen molar-refractivity contribution < 1.29 is 4.79 Å². The average Bonchev–Trinajstić information content (AvgIpc) is 2.87. The van der Waals surface area contributed by atoms with Crippen LogP contribution in [0.25, 0.3) is 0 Å². The highest BCUT2D eigenvalue weighted by Crippen LogP contribution is 2.31. The Balaban J connectivity index is 2.02. The second kappa shape index (κ2) is 6.57. The summed E-state index contributed by atoms with van der Waals surface area (Å²) in [6, 6.07) is 3.10. The number of carbonyl (C=O) groups is 1. The van der Waals surface area contributed by atoms with Gasteiger partial charge in [0.25, 0.3) is 5.91 Å². The van der Waals surface area contributed by atoms with E-state index in [1.807, 2.05) is 5.38 Å². The summed E-state index contributed by atoms with van der Waals surface area (Å²) in [7, 11) is 0. The van der Waals surface area contributed by atoms with Crippen molar-refractivity contribution in [2.45, 2.75) is 6.42 Å². The van der Waals surface area contributed by atoms with Crippen LogP contribution in [0, 0.1) is 0 Å². The number of benzene rings is 1. The summed E-state index contributed by atoms with van der Waals surface area (Å²) >= 11 is 19.4. The van der Waals surface area contributed by atoms with Crippen molar-refractivity contribution in [3.05, 3.63) is 49.3 Å². The maximum Gasteiger partial charge on any atom is 0.254 e. The van der Waals surface area contributed by atoms with Gasteiger partial charge in [-0.3, -0.25) is 4.79 Å². The molecule has 2 rings (SSSR count). The van der Waals surface area contributed by atoms with Crippen LogP contribution in [0.5, 0.6) is 0 Å². The molecule has 0 unspecified atom stereocenters. The standard InChI is InChI=1S/C12H9Cl3N2OS/c13-7-1-2-8(14)11(15)10(7)12(18)17-4-3-9-16-5-6-19-9/h1-2,5-6H,3-4H2,(H,17,18). The number of hydrogen-bond acceptors (Lipinski definition) is 3. The molecular weight excluding hydrogens is 327 g/mol. The van der Waals surface area contributed by atoms with Gasteiger partial charge in [-0.2, -0.15) is 0 Å². The first-order valence-corrected chi connectivity index (χ1v) is 7.41. The van der Waals surface area contributed by atoms with Crippen molar-refractivity contribution in [1.29, 1.82) is 0 Å². The first kappa shape index (κ1) is 14.6. The van der Waals surface area contributed by atoms with E-state index in [9.17, 15) is 4.79 Å². The van der Waals surface area contributed by atoms with Crippen LogP contribution in [0.2, 0.25) is 15.1 Å². The van der Waals surface area contributed by atoms with E-state index in [1.54, 1.807) is 29.7 Å². The monoisotopic (exact) mass is 334 g/mol. The number of nitrogens with one attached hydrogen (secondary N) is 1.